The molecule has 3 fully saturated rings. The highest BCUT2D eigenvalue weighted by molar-refractivity contribution is 7.80. The summed E-state index contributed by atoms with van der Waals surface area (Å²) in [5, 5.41) is 7.47. The lowest BCUT2D eigenvalue weighted by molar-refractivity contribution is 0.414. The van der Waals surface area contributed by atoms with Crippen molar-refractivity contribution in [3.05, 3.63) is 6.07 Å². The summed E-state index contributed by atoms with van der Waals surface area (Å²) < 4.78 is 0. The van der Waals surface area contributed by atoms with E-state index in [-0.39, 0.29) is 0 Å². The van der Waals surface area contributed by atoms with E-state index in [0.29, 0.717) is 29.1 Å². The topological polar surface area (TPSA) is 56.3 Å². The highest BCUT2D eigenvalue weighted by atomic mass is 32.1. The first-order valence-electron chi connectivity index (χ1n) is 12.1. The molecule has 2 saturated heterocycles. The van der Waals surface area contributed by atoms with Gasteiger partial charge in [0.1, 0.15) is 11.6 Å². The van der Waals surface area contributed by atoms with Crippen molar-refractivity contribution >= 4 is 34.9 Å². The van der Waals surface area contributed by atoms with Crippen LogP contribution in [0.3, 0.4) is 0 Å². The fourth-order valence-electron chi connectivity index (χ4n) is 5.19. The molecule has 0 spiro atoms. The van der Waals surface area contributed by atoms with Crippen molar-refractivity contribution < 1.29 is 0 Å². The maximum Gasteiger partial charge on any atom is 0.232 e. The van der Waals surface area contributed by atoms with Crippen molar-refractivity contribution in [1.29, 1.82) is 0 Å². The van der Waals surface area contributed by atoms with Gasteiger partial charge in [-0.05, 0) is 70.0 Å². The predicted molar refractivity (Wildman–Crippen MR) is 130 cm³/mol. The van der Waals surface area contributed by atoms with Gasteiger partial charge in [0.2, 0.25) is 5.95 Å². The largest absolute Gasteiger partial charge is 0.360 e. The Morgan fingerprint density at radius 1 is 0.933 bits per heavy atom. The van der Waals surface area contributed by atoms with E-state index in [0.717, 1.165) is 31.3 Å². The van der Waals surface area contributed by atoms with E-state index < -0.39 is 0 Å². The van der Waals surface area contributed by atoms with Crippen LogP contribution in [-0.4, -0.2) is 46.8 Å². The first-order valence-corrected chi connectivity index (χ1v) is 12.5. The molecule has 0 aromatic carbocycles. The molecule has 0 amide bonds. The highest BCUT2D eigenvalue weighted by Crippen LogP contribution is 2.29. The second kappa shape index (κ2) is 10.1. The van der Waals surface area contributed by atoms with Gasteiger partial charge in [0.25, 0.3) is 0 Å². The van der Waals surface area contributed by atoms with E-state index in [1.165, 1.54) is 64.2 Å². The fourth-order valence-corrected chi connectivity index (χ4v) is 5.45. The number of rotatable bonds is 4. The lowest BCUT2D eigenvalue weighted by Crippen LogP contribution is -2.40. The normalized spacial score (nSPS) is 25.8. The van der Waals surface area contributed by atoms with Gasteiger partial charge in [0, 0.05) is 37.8 Å². The molecule has 2 N–H and O–H groups in total. The molecule has 1 aliphatic carbocycles. The van der Waals surface area contributed by atoms with Crippen LogP contribution in [-0.2, 0) is 0 Å². The third-order valence-electron chi connectivity index (χ3n) is 6.94. The number of aromatic nitrogens is 2. The van der Waals surface area contributed by atoms with E-state index in [4.69, 9.17) is 22.2 Å². The van der Waals surface area contributed by atoms with Crippen molar-refractivity contribution in [2.24, 2.45) is 5.92 Å². The van der Waals surface area contributed by atoms with Gasteiger partial charge in [0.05, 0.1) is 0 Å². The number of nitrogens with zero attached hydrogens (tertiary/aromatic N) is 4. The lowest BCUT2D eigenvalue weighted by atomic mass is 9.96. The molecular formula is C23H38N6S. The van der Waals surface area contributed by atoms with Crippen LogP contribution in [0.15, 0.2) is 6.07 Å². The van der Waals surface area contributed by atoms with Gasteiger partial charge < -0.3 is 20.4 Å². The number of piperidine rings is 2. The van der Waals surface area contributed by atoms with Gasteiger partial charge in [-0.3, -0.25) is 0 Å². The van der Waals surface area contributed by atoms with Gasteiger partial charge in [-0.15, -0.1) is 0 Å². The molecule has 6 nitrogen and oxygen atoms in total. The van der Waals surface area contributed by atoms with E-state index in [1.807, 2.05) is 0 Å². The average molecular weight is 431 g/mol. The van der Waals surface area contributed by atoms with Crippen LogP contribution in [0.1, 0.15) is 78.1 Å². The molecule has 2 aliphatic heterocycles. The van der Waals surface area contributed by atoms with Crippen LogP contribution < -0.4 is 20.4 Å². The zero-order valence-corrected chi connectivity index (χ0v) is 19.5. The van der Waals surface area contributed by atoms with Crippen molar-refractivity contribution in [1.82, 2.24) is 15.3 Å². The monoisotopic (exact) mass is 430 g/mol. The maximum atomic E-state index is 5.63. The second-order valence-corrected chi connectivity index (χ2v) is 9.98. The standard InChI is InChI=1S/C23H38N6S/c1-17-9-8-13-28(16-17)20-15-21(29-14-7-6-10-18(29)2)26-22(25-20)27-23(30)24-19-11-4-3-5-12-19/h15,17-19H,3-14,16H2,1-2H3,(H2,24,25,26,27,30)/t17-,18-/m0/s1. The summed E-state index contributed by atoms with van der Waals surface area (Å²) in [4.78, 5) is 14.7. The Bertz CT molecular complexity index is 720. The summed E-state index contributed by atoms with van der Waals surface area (Å²) >= 11 is 5.63. The van der Waals surface area contributed by atoms with E-state index in [2.05, 4.69) is 40.3 Å². The number of anilines is 3. The number of hydrogen-bond donors (Lipinski definition) is 2. The van der Waals surface area contributed by atoms with Gasteiger partial charge in [-0.25, -0.2) is 0 Å². The Hall–Kier alpha value is -1.63. The third-order valence-corrected chi connectivity index (χ3v) is 7.16. The second-order valence-electron chi connectivity index (χ2n) is 9.57. The fraction of sp³-hybridized carbons (Fsp3) is 0.783. The van der Waals surface area contributed by atoms with E-state index in [9.17, 15) is 0 Å². The molecular weight excluding hydrogens is 392 g/mol. The Kier molecular flexibility index (Phi) is 7.28. The van der Waals surface area contributed by atoms with Gasteiger partial charge in [-0.2, -0.15) is 9.97 Å². The molecule has 4 rings (SSSR count). The zero-order valence-electron chi connectivity index (χ0n) is 18.7. The molecule has 166 valence electrons. The number of nitrogens with one attached hydrogen (secondary N) is 2. The molecule has 2 atom stereocenters. The summed E-state index contributed by atoms with van der Waals surface area (Å²) in [5.41, 5.74) is 0. The number of hydrogen-bond acceptors (Lipinski definition) is 5. The molecule has 3 aliphatic rings. The average Bonchev–Trinajstić information content (AvgIpc) is 2.74. The third kappa shape index (κ3) is 5.54. The zero-order chi connectivity index (χ0) is 20.9. The van der Waals surface area contributed by atoms with Crippen molar-refractivity contribution in [2.45, 2.75) is 90.1 Å². The van der Waals surface area contributed by atoms with Crippen molar-refractivity contribution in [3.63, 3.8) is 0 Å². The van der Waals surface area contributed by atoms with Crippen molar-refractivity contribution in [2.75, 3.05) is 34.8 Å². The Labute approximate surface area is 187 Å². The smallest absolute Gasteiger partial charge is 0.232 e. The van der Waals surface area contributed by atoms with Gasteiger partial charge in [0.15, 0.2) is 5.11 Å². The first-order chi connectivity index (χ1) is 14.6. The molecule has 1 saturated carbocycles. The minimum Gasteiger partial charge on any atom is -0.360 e. The molecule has 3 heterocycles. The molecule has 7 heteroatoms. The molecule has 0 radical (unpaired) electrons. The highest BCUT2D eigenvalue weighted by Gasteiger charge is 2.24. The Morgan fingerprint density at radius 3 is 2.47 bits per heavy atom. The predicted octanol–water partition coefficient (Wildman–Crippen LogP) is 4.71. The minimum atomic E-state index is 0.478. The summed E-state index contributed by atoms with van der Waals surface area (Å²) in [6, 6.07) is 3.19. The molecule has 0 unspecified atom stereocenters. The van der Waals surface area contributed by atoms with Crippen molar-refractivity contribution in [3.8, 4) is 0 Å². The lowest BCUT2D eigenvalue weighted by Gasteiger charge is -2.36. The van der Waals surface area contributed by atoms with Gasteiger partial charge in [-0.1, -0.05) is 26.2 Å². The van der Waals surface area contributed by atoms with Crippen LogP contribution in [0, 0.1) is 5.92 Å². The summed E-state index contributed by atoms with van der Waals surface area (Å²) in [6.07, 6.45) is 12.6. The minimum absolute atomic E-state index is 0.478. The van der Waals surface area contributed by atoms with Crippen LogP contribution in [0.25, 0.3) is 0 Å². The first kappa shape index (κ1) is 21.6. The molecule has 30 heavy (non-hydrogen) atoms. The summed E-state index contributed by atoms with van der Waals surface area (Å²) in [7, 11) is 0. The number of thiocarbonyl (C=S) groups is 1. The van der Waals surface area contributed by atoms with Crippen LogP contribution in [0.2, 0.25) is 0 Å². The molecule has 1 aromatic heterocycles. The summed E-state index contributed by atoms with van der Waals surface area (Å²) in [6.45, 7) is 7.85. The molecule has 1 aromatic rings. The SMILES string of the molecule is C[C@H]1CCCN(c2cc(N3CCCC[C@@H]3C)nc(NC(=S)NC3CCCCC3)n2)C1. The van der Waals surface area contributed by atoms with E-state index in [1.54, 1.807) is 0 Å². The van der Waals surface area contributed by atoms with Crippen LogP contribution in [0.5, 0.6) is 0 Å². The maximum absolute atomic E-state index is 5.63. The Balaban J connectivity index is 1.53. The van der Waals surface area contributed by atoms with Gasteiger partial charge >= 0.3 is 0 Å². The van der Waals surface area contributed by atoms with E-state index >= 15 is 0 Å². The van der Waals surface area contributed by atoms with Crippen LogP contribution in [0.4, 0.5) is 17.6 Å². The quantitative estimate of drug-likeness (QED) is 0.671. The summed E-state index contributed by atoms with van der Waals surface area (Å²) in [5.74, 6) is 3.41. The molecule has 0 bridgehead atoms. The van der Waals surface area contributed by atoms with Crippen LogP contribution >= 0.6 is 12.2 Å². The Morgan fingerprint density at radius 2 is 1.70 bits per heavy atom.